The number of carboxylic acid groups (broad SMARTS) is 1. The highest BCUT2D eigenvalue weighted by molar-refractivity contribution is 5.93. The molecule has 0 bridgehead atoms. The van der Waals surface area contributed by atoms with Crippen molar-refractivity contribution < 1.29 is 14.7 Å². The molecule has 2 N–H and O–H groups in total. The third-order valence-electron chi connectivity index (χ3n) is 2.75. The summed E-state index contributed by atoms with van der Waals surface area (Å²) in [5.41, 5.74) is 0.716. The van der Waals surface area contributed by atoms with E-state index in [1.165, 1.54) is 4.90 Å². The number of para-hydroxylation sites is 1. The molecule has 0 aliphatic carbocycles. The number of rotatable bonds is 5. The van der Waals surface area contributed by atoms with Crippen molar-refractivity contribution in [1.29, 1.82) is 0 Å². The molecule has 5 heteroatoms. The summed E-state index contributed by atoms with van der Waals surface area (Å²) in [6.45, 7) is 3.84. The number of anilines is 1. The summed E-state index contributed by atoms with van der Waals surface area (Å²) in [5, 5.41) is 11.6. The number of nitrogens with zero attached hydrogens (tertiary/aromatic N) is 1. The Morgan fingerprint density at radius 3 is 2.32 bits per heavy atom. The maximum atomic E-state index is 12.0. The summed E-state index contributed by atoms with van der Waals surface area (Å²) in [7, 11) is 1.61. The molecule has 0 saturated carbocycles. The average molecular weight is 264 g/mol. The Balaban J connectivity index is 2.69. The predicted molar refractivity (Wildman–Crippen MR) is 74.3 cm³/mol. The van der Waals surface area contributed by atoms with Gasteiger partial charge in [-0.15, -0.1) is 0 Å². The molecule has 1 aromatic carbocycles. The molecule has 1 unspecified atom stereocenters. The van der Waals surface area contributed by atoms with Gasteiger partial charge in [-0.05, 0) is 24.5 Å². The normalized spacial score (nSPS) is 12.0. The van der Waals surface area contributed by atoms with E-state index >= 15 is 0 Å². The molecule has 0 radical (unpaired) electrons. The summed E-state index contributed by atoms with van der Waals surface area (Å²) < 4.78 is 0. The van der Waals surface area contributed by atoms with Gasteiger partial charge >= 0.3 is 12.0 Å². The minimum absolute atomic E-state index is 0.198. The van der Waals surface area contributed by atoms with Crippen molar-refractivity contribution in [3.05, 3.63) is 30.3 Å². The molecule has 1 aromatic rings. The van der Waals surface area contributed by atoms with Crippen molar-refractivity contribution in [3.63, 3.8) is 0 Å². The van der Waals surface area contributed by atoms with Gasteiger partial charge in [0.1, 0.15) is 6.04 Å². The minimum Gasteiger partial charge on any atom is -0.480 e. The van der Waals surface area contributed by atoms with E-state index in [4.69, 9.17) is 5.11 Å². The topological polar surface area (TPSA) is 69.6 Å². The van der Waals surface area contributed by atoms with E-state index in [9.17, 15) is 9.59 Å². The number of aliphatic carboxylic acids is 1. The van der Waals surface area contributed by atoms with Crippen LogP contribution >= 0.6 is 0 Å². The van der Waals surface area contributed by atoms with Gasteiger partial charge in [0.2, 0.25) is 0 Å². The number of hydrogen-bond acceptors (Lipinski definition) is 2. The van der Waals surface area contributed by atoms with Crippen molar-refractivity contribution >= 4 is 17.7 Å². The minimum atomic E-state index is -1.01. The first-order chi connectivity index (χ1) is 8.91. The number of carbonyl (C=O) groups is 2. The van der Waals surface area contributed by atoms with E-state index in [0.717, 1.165) is 0 Å². The smallest absolute Gasteiger partial charge is 0.326 e. The molecule has 1 rings (SSSR count). The van der Waals surface area contributed by atoms with Crippen LogP contribution in [0.15, 0.2) is 30.3 Å². The monoisotopic (exact) mass is 264 g/mol. The predicted octanol–water partition coefficient (Wildman–Crippen LogP) is 2.33. The first kappa shape index (κ1) is 15.0. The van der Waals surface area contributed by atoms with Crippen molar-refractivity contribution in [2.75, 3.05) is 11.9 Å². The Labute approximate surface area is 113 Å². The Hall–Kier alpha value is -2.04. The van der Waals surface area contributed by atoms with E-state index in [1.54, 1.807) is 19.2 Å². The van der Waals surface area contributed by atoms with Crippen molar-refractivity contribution in [1.82, 2.24) is 5.32 Å². The lowest BCUT2D eigenvalue weighted by Gasteiger charge is -2.22. The molecule has 2 amide bonds. The molecule has 5 nitrogen and oxygen atoms in total. The van der Waals surface area contributed by atoms with E-state index in [0.29, 0.717) is 12.1 Å². The standard InChI is InChI=1S/C14H20N2O3/c1-10(2)9-12(13(17)18)15-14(19)16(3)11-7-5-4-6-8-11/h4-8,10,12H,9H2,1-3H3,(H,15,19)(H,17,18). The summed E-state index contributed by atoms with van der Waals surface area (Å²) in [6.07, 6.45) is 0.406. The highest BCUT2D eigenvalue weighted by Gasteiger charge is 2.23. The molecule has 104 valence electrons. The molecule has 19 heavy (non-hydrogen) atoms. The number of amides is 2. The molecule has 0 spiro atoms. The number of carboxylic acids is 1. The number of hydrogen-bond donors (Lipinski definition) is 2. The van der Waals surface area contributed by atoms with Gasteiger partial charge < -0.3 is 10.4 Å². The third-order valence-corrected chi connectivity index (χ3v) is 2.75. The maximum Gasteiger partial charge on any atom is 0.326 e. The number of carbonyl (C=O) groups excluding carboxylic acids is 1. The second-order valence-electron chi connectivity index (χ2n) is 4.86. The fourth-order valence-corrected chi connectivity index (χ4v) is 1.71. The van der Waals surface area contributed by atoms with Crippen LogP contribution in [0.2, 0.25) is 0 Å². The van der Waals surface area contributed by atoms with Crippen LogP contribution in [0.25, 0.3) is 0 Å². The van der Waals surface area contributed by atoms with Crippen LogP contribution in [-0.4, -0.2) is 30.2 Å². The first-order valence-electron chi connectivity index (χ1n) is 6.24. The van der Waals surface area contributed by atoms with Crippen molar-refractivity contribution in [3.8, 4) is 0 Å². The van der Waals surface area contributed by atoms with Crippen LogP contribution < -0.4 is 10.2 Å². The van der Waals surface area contributed by atoms with Crippen molar-refractivity contribution in [2.45, 2.75) is 26.3 Å². The molecule has 0 heterocycles. The van der Waals surface area contributed by atoms with Crippen molar-refractivity contribution in [2.24, 2.45) is 5.92 Å². The molecule has 0 aliphatic heterocycles. The molecular formula is C14H20N2O3. The van der Waals surface area contributed by atoms with Gasteiger partial charge in [-0.1, -0.05) is 32.0 Å². The fraction of sp³-hybridized carbons (Fsp3) is 0.429. The first-order valence-corrected chi connectivity index (χ1v) is 6.24. The Morgan fingerprint density at radius 1 is 1.26 bits per heavy atom. The quantitative estimate of drug-likeness (QED) is 0.857. The van der Waals surface area contributed by atoms with Crippen LogP contribution in [0.1, 0.15) is 20.3 Å². The highest BCUT2D eigenvalue weighted by Crippen LogP contribution is 2.12. The zero-order valence-electron chi connectivity index (χ0n) is 11.5. The van der Waals surface area contributed by atoms with Gasteiger partial charge in [0.15, 0.2) is 0 Å². The van der Waals surface area contributed by atoms with E-state index in [2.05, 4.69) is 5.32 Å². The summed E-state index contributed by atoms with van der Waals surface area (Å²) >= 11 is 0. The van der Waals surface area contributed by atoms with Gasteiger partial charge in [-0.3, -0.25) is 4.90 Å². The molecule has 1 atom stereocenters. The largest absolute Gasteiger partial charge is 0.480 e. The Bertz CT molecular complexity index is 432. The lowest BCUT2D eigenvalue weighted by Crippen LogP contribution is -2.47. The van der Waals surface area contributed by atoms with E-state index < -0.39 is 18.0 Å². The number of urea groups is 1. The molecule has 0 fully saturated rings. The SMILES string of the molecule is CC(C)CC(NC(=O)N(C)c1ccccc1)C(=O)O. The Kier molecular flexibility index (Phi) is 5.36. The van der Waals surface area contributed by atoms with Gasteiger partial charge in [0.05, 0.1) is 0 Å². The second kappa shape index (κ2) is 6.78. The summed E-state index contributed by atoms with van der Waals surface area (Å²) in [6, 6.07) is 7.80. The van der Waals surface area contributed by atoms with Crippen LogP contribution in [-0.2, 0) is 4.79 Å². The second-order valence-corrected chi connectivity index (χ2v) is 4.86. The molecular weight excluding hydrogens is 244 g/mol. The van der Waals surface area contributed by atoms with Crippen LogP contribution in [0.5, 0.6) is 0 Å². The average Bonchev–Trinajstić information content (AvgIpc) is 2.37. The molecule has 0 aliphatic rings. The lowest BCUT2D eigenvalue weighted by molar-refractivity contribution is -0.139. The highest BCUT2D eigenvalue weighted by atomic mass is 16.4. The maximum absolute atomic E-state index is 12.0. The Morgan fingerprint density at radius 2 is 1.84 bits per heavy atom. The lowest BCUT2D eigenvalue weighted by atomic mass is 10.0. The van der Waals surface area contributed by atoms with Gasteiger partial charge in [-0.2, -0.15) is 0 Å². The number of benzene rings is 1. The van der Waals surface area contributed by atoms with Gasteiger partial charge in [-0.25, -0.2) is 9.59 Å². The van der Waals surface area contributed by atoms with E-state index in [1.807, 2.05) is 32.0 Å². The van der Waals surface area contributed by atoms with E-state index in [-0.39, 0.29) is 5.92 Å². The zero-order valence-corrected chi connectivity index (χ0v) is 11.5. The fourth-order valence-electron chi connectivity index (χ4n) is 1.71. The third kappa shape index (κ3) is 4.62. The zero-order chi connectivity index (χ0) is 14.4. The summed E-state index contributed by atoms with van der Waals surface area (Å²) in [4.78, 5) is 24.5. The molecule has 0 saturated heterocycles. The molecule has 0 aromatic heterocycles. The van der Waals surface area contributed by atoms with Gasteiger partial charge in [0.25, 0.3) is 0 Å². The van der Waals surface area contributed by atoms with Crippen LogP contribution in [0, 0.1) is 5.92 Å². The van der Waals surface area contributed by atoms with Gasteiger partial charge in [0, 0.05) is 12.7 Å². The number of nitrogens with one attached hydrogen (secondary N) is 1. The van der Waals surface area contributed by atoms with Crippen LogP contribution in [0.4, 0.5) is 10.5 Å². The summed E-state index contributed by atoms with van der Waals surface area (Å²) in [5.74, 6) is -0.813. The van der Waals surface area contributed by atoms with Crippen LogP contribution in [0.3, 0.4) is 0 Å².